The highest BCUT2D eigenvalue weighted by Crippen LogP contribution is 2.35. The molecule has 1 amide bonds. The fourth-order valence-corrected chi connectivity index (χ4v) is 2.80. The van der Waals surface area contributed by atoms with Crippen LogP contribution in [0, 0.1) is 6.92 Å². The SMILES string of the molecule is CNC(=O)c1c(C)oc2cc(N(C)S)c(Br)cc12. The molecule has 0 bridgehead atoms. The lowest BCUT2D eigenvalue weighted by atomic mass is 10.1. The Morgan fingerprint density at radius 2 is 2.17 bits per heavy atom. The van der Waals surface area contributed by atoms with Crippen LogP contribution in [-0.4, -0.2) is 20.0 Å². The summed E-state index contributed by atoms with van der Waals surface area (Å²) in [5.41, 5.74) is 2.12. The lowest BCUT2D eigenvalue weighted by molar-refractivity contribution is 0.0963. The number of nitrogens with one attached hydrogen (secondary N) is 1. The summed E-state index contributed by atoms with van der Waals surface area (Å²) in [5, 5.41) is 3.41. The molecule has 2 aromatic rings. The van der Waals surface area contributed by atoms with Gasteiger partial charge in [0.05, 0.1) is 11.3 Å². The molecular weight excluding hydrogens is 316 g/mol. The van der Waals surface area contributed by atoms with Crippen LogP contribution in [-0.2, 0) is 0 Å². The fraction of sp³-hybridized carbons (Fsp3) is 0.250. The summed E-state index contributed by atoms with van der Waals surface area (Å²) >= 11 is 7.73. The molecule has 2 rings (SSSR count). The maximum atomic E-state index is 11.8. The quantitative estimate of drug-likeness (QED) is 0.832. The number of hydrogen-bond donors (Lipinski definition) is 2. The molecule has 0 saturated heterocycles. The summed E-state index contributed by atoms with van der Waals surface area (Å²) in [6.07, 6.45) is 0. The predicted octanol–water partition coefficient (Wildman–Crippen LogP) is 3.14. The number of hydrogen-bond acceptors (Lipinski definition) is 4. The second-order valence-electron chi connectivity index (χ2n) is 3.94. The molecule has 0 atom stereocenters. The highest BCUT2D eigenvalue weighted by Gasteiger charge is 2.19. The van der Waals surface area contributed by atoms with Crippen molar-refractivity contribution < 1.29 is 9.21 Å². The molecule has 0 aliphatic carbocycles. The van der Waals surface area contributed by atoms with Crippen LogP contribution in [0.5, 0.6) is 0 Å². The van der Waals surface area contributed by atoms with Crippen LogP contribution in [0.1, 0.15) is 16.1 Å². The van der Waals surface area contributed by atoms with E-state index >= 15 is 0 Å². The van der Waals surface area contributed by atoms with Crippen LogP contribution in [0.25, 0.3) is 11.0 Å². The average molecular weight is 329 g/mol. The second kappa shape index (κ2) is 4.85. The molecular formula is C12H13BrN2O2S. The maximum absolute atomic E-state index is 11.8. The number of amides is 1. The van der Waals surface area contributed by atoms with Crippen LogP contribution in [0.2, 0.25) is 0 Å². The maximum Gasteiger partial charge on any atom is 0.255 e. The van der Waals surface area contributed by atoms with Crippen LogP contribution >= 0.6 is 28.7 Å². The van der Waals surface area contributed by atoms with Gasteiger partial charge in [0.15, 0.2) is 0 Å². The first-order valence-corrected chi connectivity index (χ1v) is 6.52. The number of carbonyl (C=O) groups is 1. The number of carbonyl (C=O) groups excluding carboxylic acids is 1. The number of rotatable bonds is 2. The van der Waals surface area contributed by atoms with Crippen molar-refractivity contribution in [2.75, 3.05) is 18.4 Å². The fourth-order valence-electron chi connectivity index (χ4n) is 1.88. The van der Waals surface area contributed by atoms with Gasteiger partial charge in [0, 0.05) is 30.0 Å². The average Bonchev–Trinajstić information content (AvgIpc) is 2.62. The summed E-state index contributed by atoms with van der Waals surface area (Å²) in [4.78, 5) is 11.8. The normalized spacial score (nSPS) is 10.7. The largest absolute Gasteiger partial charge is 0.460 e. The minimum Gasteiger partial charge on any atom is -0.460 e. The van der Waals surface area contributed by atoms with E-state index in [-0.39, 0.29) is 5.91 Å². The molecule has 0 aliphatic heterocycles. The van der Waals surface area contributed by atoms with E-state index < -0.39 is 0 Å². The topological polar surface area (TPSA) is 45.5 Å². The number of benzene rings is 1. The van der Waals surface area contributed by atoms with Gasteiger partial charge >= 0.3 is 0 Å². The summed E-state index contributed by atoms with van der Waals surface area (Å²) in [6, 6.07) is 3.73. The van der Waals surface area contributed by atoms with Crippen molar-refractivity contribution in [2.45, 2.75) is 6.92 Å². The summed E-state index contributed by atoms with van der Waals surface area (Å²) < 4.78 is 8.17. The first-order valence-electron chi connectivity index (χ1n) is 5.33. The van der Waals surface area contributed by atoms with Gasteiger partial charge in [0.2, 0.25) is 0 Å². The monoisotopic (exact) mass is 328 g/mol. The van der Waals surface area contributed by atoms with E-state index in [0.717, 1.165) is 15.5 Å². The first kappa shape index (κ1) is 13.3. The lowest BCUT2D eigenvalue weighted by Gasteiger charge is -2.12. The van der Waals surface area contributed by atoms with E-state index in [1.807, 2.05) is 19.2 Å². The standard InChI is InChI=1S/C12H13BrN2O2S/c1-6-11(12(16)14-2)7-4-8(13)9(15(3)18)5-10(7)17-6/h4-5,18H,1-3H3,(H,14,16). The number of furan rings is 1. The van der Waals surface area contributed by atoms with E-state index in [4.69, 9.17) is 4.42 Å². The molecule has 1 heterocycles. The van der Waals surface area contributed by atoms with Crippen molar-refractivity contribution in [1.82, 2.24) is 5.32 Å². The number of anilines is 1. The molecule has 18 heavy (non-hydrogen) atoms. The predicted molar refractivity (Wildman–Crippen MR) is 79.4 cm³/mol. The molecule has 1 aromatic carbocycles. The Bertz CT molecular complexity index is 622. The number of halogens is 1. The van der Waals surface area contributed by atoms with E-state index in [1.165, 1.54) is 0 Å². The third-order valence-corrected chi connectivity index (χ3v) is 3.59. The Kier molecular flexibility index (Phi) is 3.59. The molecule has 1 N–H and O–H groups in total. The van der Waals surface area contributed by atoms with Gasteiger partial charge in [0.1, 0.15) is 11.3 Å². The van der Waals surface area contributed by atoms with Crippen molar-refractivity contribution >= 4 is 51.3 Å². The van der Waals surface area contributed by atoms with Gasteiger partial charge < -0.3 is 14.0 Å². The third-order valence-electron chi connectivity index (χ3n) is 2.74. The first-order chi connectivity index (χ1) is 8.45. The second-order valence-corrected chi connectivity index (χ2v) is 5.39. The summed E-state index contributed by atoms with van der Waals surface area (Å²) in [7, 11) is 3.43. The van der Waals surface area contributed by atoms with Crippen LogP contribution in [0.15, 0.2) is 21.0 Å². The lowest BCUT2D eigenvalue weighted by Crippen LogP contribution is -2.18. The van der Waals surface area contributed by atoms with Gasteiger partial charge in [-0.05, 0) is 28.9 Å². The zero-order valence-electron chi connectivity index (χ0n) is 10.2. The molecule has 0 unspecified atom stereocenters. The Balaban J connectivity index is 2.73. The van der Waals surface area contributed by atoms with Gasteiger partial charge in [-0.2, -0.15) is 0 Å². The smallest absolute Gasteiger partial charge is 0.255 e. The van der Waals surface area contributed by atoms with Crippen LogP contribution in [0.4, 0.5) is 5.69 Å². The van der Waals surface area contributed by atoms with Crippen molar-refractivity contribution in [2.24, 2.45) is 0 Å². The summed E-state index contributed by atoms with van der Waals surface area (Å²) in [6.45, 7) is 1.78. The number of thiol groups is 1. The van der Waals surface area contributed by atoms with E-state index in [2.05, 4.69) is 34.1 Å². The van der Waals surface area contributed by atoms with E-state index in [9.17, 15) is 4.79 Å². The van der Waals surface area contributed by atoms with Gasteiger partial charge in [0.25, 0.3) is 5.91 Å². The van der Waals surface area contributed by atoms with Crippen molar-refractivity contribution in [1.29, 1.82) is 0 Å². The van der Waals surface area contributed by atoms with Gasteiger partial charge in [-0.1, -0.05) is 12.8 Å². The van der Waals surface area contributed by atoms with Crippen molar-refractivity contribution in [3.8, 4) is 0 Å². The van der Waals surface area contributed by atoms with Crippen LogP contribution < -0.4 is 9.62 Å². The zero-order chi connectivity index (χ0) is 13.4. The summed E-state index contributed by atoms with van der Waals surface area (Å²) in [5.74, 6) is 0.459. The molecule has 96 valence electrons. The molecule has 0 fully saturated rings. The Labute approximate surface area is 119 Å². The number of nitrogens with zero attached hydrogens (tertiary/aromatic N) is 1. The molecule has 0 aliphatic rings. The van der Waals surface area contributed by atoms with E-state index in [1.54, 1.807) is 18.3 Å². The third kappa shape index (κ3) is 2.10. The van der Waals surface area contributed by atoms with Gasteiger partial charge in [-0.3, -0.25) is 4.79 Å². The van der Waals surface area contributed by atoms with Gasteiger partial charge in [-0.25, -0.2) is 0 Å². The zero-order valence-corrected chi connectivity index (χ0v) is 12.7. The van der Waals surface area contributed by atoms with E-state index in [0.29, 0.717) is 16.9 Å². The number of fused-ring (bicyclic) bond motifs is 1. The molecule has 0 saturated carbocycles. The molecule has 4 nitrogen and oxygen atoms in total. The highest BCUT2D eigenvalue weighted by molar-refractivity contribution is 9.10. The Hall–Kier alpha value is -1.14. The highest BCUT2D eigenvalue weighted by atomic mass is 79.9. The minimum absolute atomic E-state index is 0.148. The Morgan fingerprint density at radius 3 is 2.72 bits per heavy atom. The van der Waals surface area contributed by atoms with Crippen molar-refractivity contribution in [3.05, 3.63) is 27.9 Å². The van der Waals surface area contributed by atoms with Crippen molar-refractivity contribution in [3.63, 3.8) is 0 Å². The minimum atomic E-state index is -0.148. The molecule has 0 spiro atoms. The van der Waals surface area contributed by atoms with Crippen LogP contribution in [0.3, 0.4) is 0 Å². The Morgan fingerprint density at radius 1 is 1.50 bits per heavy atom. The molecule has 6 heteroatoms. The number of aryl methyl sites for hydroxylation is 1. The molecule has 0 radical (unpaired) electrons. The van der Waals surface area contributed by atoms with Gasteiger partial charge in [-0.15, -0.1) is 0 Å². The molecule has 1 aromatic heterocycles.